The molecule has 1 aliphatic carbocycles. The van der Waals surface area contributed by atoms with Gasteiger partial charge in [-0.05, 0) is 25.0 Å². The van der Waals surface area contributed by atoms with Crippen molar-refractivity contribution in [2.45, 2.75) is 25.7 Å². The van der Waals surface area contributed by atoms with E-state index >= 15 is 0 Å². The number of benzene rings is 1. The van der Waals surface area contributed by atoms with Crippen LogP contribution in [0.15, 0.2) is 24.4 Å². The molecule has 1 saturated carbocycles. The number of aryl methyl sites for hydroxylation is 1. The van der Waals surface area contributed by atoms with Crippen molar-refractivity contribution < 1.29 is 18.4 Å². The number of piperazine rings is 1. The highest BCUT2D eigenvalue weighted by Crippen LogP contribution is 2.27. The Hall–Kier alpha value is -2.81. The molecule has 0 bridgehead atoms. The summed E-state index contributed by atoms with van der Waals surface area (Å²) >= 11 is 0. The van der Waals surface area contributed by atoms with Gasteiger partial charge in [-0.2, -0.15) is 5.10 Å². The first-order chi connectivity index (χ1) is 15.4. The Kier molecular flexibility index (Phi) is 6.83. The lowest BCUT2D eigenvalue weighted by Crippen LogP contribution is -2.51. The number of hydrogen-bond acceptors (Lipinski definition) is 4. The number of aromatic nitrogens is 2. The van der Waals surface area contributed by atoms with Crippen molar-refractivity contribution >= 4 is 11.8 Å². The normalized spacial score (nSPS) is 17.7. The average molecular weight is 446 g/mol. The van der Waals surface area contributed by atoms with Gasteiger partial charge in [0, 0.05) is 70.1 Å². The molecule has 0 radical (unpaired) electrons. The molecule has 1 aromatic carbocycles. The Morgan fingerprint density at radius 1 is 1.12 bits per heavy atom. The molecule has 1 aliphatic heterocycles. The summed E-state index contributed by atoms with van der Waals surface area (Å²) in [7, 11) is 1.65. The molecule has 2 heterocycles. The van der Waals surface area contributed by atoms with Crippen molar-refractivity contribution in [3.8, 4) is 11.3 Å². The number of carbonyl (C=O) groups is 2. The molecule has 1 N–H and O–H groups in total. The van der Waals surface area contributed by atoms with Crippen LogP contribution in [-0.2, 0) is 11.8 Å². The van der Waals surface area contributed by atoms with E-state index in [1.165, 1.54) is 16.9 Å². The third-order valence-electron chi connectivity index (χ3n) is 6.36. The molecule has 2 aliphatic rings. The van der Waals surface area contributed by atoms with E-state index in [1.807, 2.05) is 4.90 Å². The van der Waals surface area contributed by atoms with E-state index in [2.05, 4.69) is 15.3 Å². The molecule has 32 heavy (non-hydrogen) atoms. The van der Waals surface area contributed by atoms with Gasteiger partial charge in [0.1, 0.15) is 17.3 Å². The van der Waals surface area contributed by atoms with Gasteiger partial charge in [-0.1, -0.05) is 12.8 Å². The molecule has 2 fully saturated rings. The molecular weight excluding hydrogens is 416 g/mol. The summed E-state index contributed by atoms with van der Waals surface area (Å²) in [6, 6.07) is 3.21. The first-order valence-corrected chi connectivity index (χ1v) is 11.2. The van der Waals surface area contributed by atoms with Crippen LogP contribution in [0.1, 0.15) is 36.0 Å². The molecule has 2 aromatic rings. The summed E-state index contributed by atoms with van der Waals surface area (Å²) in [5.74, 6) is -1.29. The van der Waals surface area contributed by atoms with Crippen molar-refractivity contribution in [2.24, 2.45) is 13.0 Å². The number of rotatable bonds is 6. The molecule has 1 saturated heterocycles. The van der Waals surface area contributed by atoms with Crippen molar-refractivity contribution in [2.75, 3.05) is 39.3 Å². The predicted octanol–water partition coefficient (Wildman–Crippen LogP) is 2.43. The van der Waals surface area contributed by atoms with E-state index in [0.29, 0.717) is 19.0 Å². The molecule has 9 heteroatoms. The Balaban J connectivity index is 1.28. The van der Waals surface area contributed by atoms with Crippen LogP contribution in [0.3, 0.4) is 0 Å². The third kappa shape index (κ3) is 4.98. The maximum atomic E-state index is 14.2. The maximum absolute atomic E-state index is 14.2. The second-order valence-corrected chi connectivity index (χ2v) is 8.59. The number of amides is 2. The Bertz CT molecular complexity index is 979. The lowest BCUT2D eigenvalue weighted by atomic mass is 10.1. The third-order valence-corrected chi connectivity index (χ3v) is 6.36. The zero-order chi connectivity index (χ0) is 22.7. The van der Waals surface area contributed by atoms with Gasteiger partial charge in [0.25, 0.3) is 5.91 Å². The highest BCUT2D eigenvalue weighted by Gasteiger charge is 2.29. The summed E-state index contributed by atoms with van der Waals surface area (Å²) in [6.45, 7) is 4.10. The molecule has 0 unspecified atom stereocenters. The van der Waals surface area contributed by atoms with Crippen LogP contribution in [0.25, 0.3) is 11.3 Å². The molecule has 0 atom stereocenters. The molecule has 7 nitrogen and oxygen atoms in total. The van der Waals surface area contributed by atoms with Crippen LogP contribution in [0.2, 0.25) is 0 Å². The summed E-state index contributed by atoms with van der Waals surface area (Å²) < 4.78 is 28.9. The molecule has 2 amide bonds. The molecule has 1 aromatic heterocycles. The van der Waals surface area contributed by atoms with Crippen molar-refractivity contribution in [3.05, 3.63) is 41.6 Å². The zero-order valence-electron chi connectivity index (χ0n) is 18.3. The smallest absolute Gasteiger partial charge is 0.255 e. The van der Waals surface area contributed by atoms with Crippen LogP contribution >= 0.6 is 0 Å². The van der Waals surface area contributed by atoms with Crippen LogP contribution in [0, 0.1) is 17.6 Å². The molecular formula is C23H29F2N5O2. The van der Waals surface area contributed by atoms with Crippen molar-refractivity contribution in [1.29, 1.82) is 0 Å². The first-order valence-electron chi connectivity index (χ1n) is 11.2. The number of nitrogens with zero attached hydrogens (tertiary/aromatic N) is 4. The van der Waals surface area contributed by atoms with Crippen molar-refractivity contribution in [1.82, 2.24) is 24.9 Å². The topological polar surface area (TPSA) is 70.5 Å². The second-order valence-electron chi connectivity index (χ2n) is 8.59. The number of halogens is 2. The number of carbonyl (C=O) groups excluding carboxylic acids is 2. The quantitative estimate of drug-likeness (QED) is 0.742. The Morgan fingerprint density at radius 2 is 1.84 bits per heavy atom. The van der Waals surface area contributed by atoms with Gasteiger partial charge in [0.15, 0.2) is 0 Å². The lowest BCUT2D eigenvalue weighted by Gasteiger charge is -2.36. The monoisotopic (exact) mass is 445 g/mol. The van der Waals surface area contributed by atoms with Crippen LogP contribution < -0.4 is 5.32 Å². The van der Waals surface area contributed by atoms with Crippen LogP contribution in [0.5, 0.6) is 0 Å². The average Bonchev–Trinajstić information content (AvgIpc) is 3.44. The zero-order valence-corrected chi connectivity index (χ0v) is 18.3. The minimum atomic E-state index is -0.761. The van der Waals surface area contributed by atoms with E-state index in [4.69, 9.17) is 0 Å². The molecule has 4 rings (SSSR count). The fourth-order valence-electron chi connectivity index (χ4n) is 4.58. The maximum Gasteiger partial charge on any atom is 0.255 e. The van der Waals surface area contributed by atoms with Gasteiger partial charge in [0.05, 0.1) is 5.56 Å². The van der Waals surface area contributed by atoms with E-state index in [1.54, 1.807) is 7.05 Å². The Morgan fingerprint density at radius 3 is 2.53 bits per heavy atom. The van der Waals surface area contributed by atoms with E-state index in [9.17, 15) is 18.4 Å². The summed E-state index contributed by atoms with van der Waals surface area (Å²) in [6.07, 6.45) is 5.87. The van der Waals surface area contributed by atoms with Gasteiger partial charge in [-0.25, -0.2) is 8.78 Å². The van der Waals surface area contributed by atoms with E-state index in [-0.39, 0.29) is 28.6 Å². The van der Waals surface area contributed by atoms with Crippen molar-refractivity contribution in [3.63, 3.8) is 0 Å². The summed E-state index contributed by atoms with van der Waals surface area (Å²) in [4.78, 5) is 29.5. The summed E-state index contributed by atoms with van der Waals surface area (Å²) in [5, 5.41) is 7.06. The highest BCUT2D eigenvalue weighted by atomic mass is 19.1. The molecule has 0 spiro atoms. The summed E-state index contributed by atoms with van der Waals surface area (Å²) in [5.41, 5.74) is 0.506. The minimum Gasteiger partial charge on any atom is -0.351 e. The van der Waals surface area contributed by atoms with Gasteiger partial charge in [-0.3, -0.25) is 19.2 Å². The van der Waals surface area contributed by atoms with Gasteiger partial charge in [-0.15, -0.1) is 0 Å². The van der Waals surface area contributed by atoms with Gasteiger partial charge >= 0.3 is 0 Å². The fourth-order valence-corrected chi connectivity index (χ4v) is 4.58. The minimum absolute atomic E-state index is 0.0835. The largest absolute Gasteiger partial charge is 0.351 e. The van der Waals surface area contributed by atoms with Gasteiger partial charge in [0.2, 0.25) is 5.91 Å². The lowest BCUT2D eigenvalue weighted by molar-refractivity contribution is -0.137. The standard InChI is InChI=1S/C23H29F2N5O2/c1-28-15-19(21(27-28)18-7-6-17(24)14-20(18)25)22(31)26-8-9-29-10-12-30(13-11-29)23(32)16-4-2-3-5-16/h6-7,14-16H,2-5,8-13H2,1H3,(H,26,31). The van der Waals surface area contributed by atoms with E-state index < -0.39 is 11.6 Å². The Labute approximate surface area is 186 Å². The first kappa shape index (κ1) is 22.4. The fraction of sp³-hybridized carbons (Fsp3) is 0.522. The van der Waals surface area contributed by atoms with Crippen LogP contribution in [0.4, 0.5) is 8.78 Å². The highest BCUT2D eigenvalue weighted by molar-refractivity contribution is 5.99. The van der Waals surface area contributed by atoms with Crippen LogP contribution in [-0.4, -0.2) is 70.7 Å². The molecule has 172 valence electrons. The van der Waals surface area contributed by atoms with E-state index in [0.717, 1.165) is 64.0 Å². The number of nitrogens with one attached hydrogen (secondary N) is 1. The van der Waals surface area contributed by atoms with Gasteiger partial charge < -0.3 is 10.2 Å². The SMILES string of the molecule is Cn1cc(C(=O)NCCN2CCN(C(=O)C3CCCC3)CC2)c(-c2ccc(F)cc2F)n1. The second kappa shape index (κ2) is 9.77. The number of hydrogen-bond donors (Lipinski definition) is 1. The predicted molar refractivity (Wildman–Crippen MR) is 116 cm³/mol.